The van der Waals surface area contributed by atoms with Crippen LogP contribution in [0.2, 0.25) is 0 Å². The lowest BCUT2D eigenvalue weighted by Crippen LogP contribution is -2.42. The third kappa shape index (κ3) is 2.08. The molecule has 0 bridgehead atoms. The largest absolute Gasteiger partial charge is 0.465 e. The molecule has 2 amide bonds. The molecule has 0 heterocycles. The van der Waals surface area contributed by atoms with Crippen molar-refractivity contribution >= 4 is 24.9 Å². The Labute approximate surface area is 70.6 Å². The van der Waals surface area contributed by atoms with E-state index in [1.807, 2.05) is 0 Å². The minimum Gasteiger partial charge on any atom is -0.465 e. The number of hydrogen-bond acceptors (Lipinski definition) is 2. The number of amides is 2. The topological polar surface area (TPSA) is 57.6 Å². The van der Waals surface area contributed by atoms with Gasteiger partial charge in [0.05, 0.1) is 0 Å². The van der Waals surface area contributed by atoms with Gasteiger partial charge in [0, 0.05) is 6.04 Å². The second kappa shape index (κ2) is 4.18. The monoisotopic (exact) mass is 179 g/mol. The molecule has 0 saturated heterocycles. The molecule has 1 aliphatic rings. The van der Waals surface area contributed by atoms with Crippen LogP contribution in [0.3, 0.4) is 0 Å². The zero-order chi connectivity index (χ0) is 7.56. The Morgan fingerprint density at radius 3 is 2.18 bits per heavy atom. The summed E-state index contributed by atoms with van der Waals surface area (Å²) < 4.78 is 0. The van der Waals surface area contributed by atoms with Crippen LogP contribution in [0, 0.1) is 0 Å². The van der Waals surface area contributed by atoms with Gasteiger partial charge in [-0.3, -0.25) is 4.79 Å². The molecule has 1 aliphatic carbocycles. The molecule has 64 valence electrons. The van der Waals surface area contributed by atoms with Gasteiger partial charge >= 0.3 is 6.09 Å². The van der Waals surface area contributed by atoms with E-state index in [9.17, 15) is 9.59 Å². The second-order valence-electron chi connectivity index (χ2n) is 2.38. The summed E-state index contributed by atoms with van der Waals surface area (Å²) in [5.74, 6) is 0. The summed E-state index contributed by atoms with van der Waals surface area (Å²) in [7, 11) is 0. The van der Waals surface area contributed by atoms with E-state index in [0.717, 1.165) is 24.2 Å². The molecule has 0 radical (unpaired) electrons. The first-order chi connectivity index (χ1) is 4.75. The number of carbonyl (C=O) groups excluding carboxylic acids is 1. The highest BCUT2D eigenvalue weighted by Crippen LogP contribution is 2.23. The summed E-state index contributed by atoms with van der Waals surface area (Å²) in [6, 6.07) is -0.0463. The minimum absolute atomic E-state index is 0. The van der Waals surface area contributed by atoms with Crippen LogP contribution in [0.5, 0.6) is 0 Å². The van der Waals surface area contributed by atoms with Crippen LogP contribution in [-0.2, 0) is 4.79 Å². The van der Waals surface area contributed by atoms with Crippen LogP contribution >= 0.6 is 12.4 Å². The van der Waals surface area contributed by atoms with Crippen molar-refractivity contribution in [3.8, 4) is 0 Å². The number of halogens is 1. The lowest BCUT2D eigenvalue weighted by atomic mass is 9.92. The van der Waals surface area contributed by atoms with Gasteiger partial charge in [0.2, 0.25) is 6.41 Å². The summed E-state index contributed by atoms with van der Waals surface area (Å²) in [4.78, 5) is 21.2. The maximum atomic E-state index is 10.3. The Bertz CT molecular complexity index is 158. The fourth-order valence-corrected chi connectivity index (χ4v) is 0.952. The molecule has 1 saturated carbocycles. The summed E-state index contributed by atoms with van der Waals surface area (Å²) in [6.45, 7) is 0. The molecule has 0 aromatic rings. The Balaban J connectivity index is 0.000001000. The van der Waals surface area contributed by atoms with Gasteiger partial charge in [-0.1, -0.05) is 0 Å². The smallest absolute Gasteiger partial charge is 0.414 e. The second-order valence-corrected chi connectivity index (χ2v) is 2.38. The fraction of sp³-hybridized carbons (Fsp3) is 0.667. The van der Waals surface area contributed by atoms with Crippen LogP contribution in [0.4, 0.5) is 4.79 Å². The highest BCUT2D eigenvalue weighted by molar-refractivity contribution is 5.85. The zero-order valence-electron chi connectivity index (χ0n) is 5.90. The highest BCUT2D eigenvalue weighted by Gasteiger charge is 2.27. The van der Waals surface area contributed by atoms with Gasteiger partial charge in [-0.2, -0.15) is 0 Å². The normalized spacial score (nSPS) is 16.0. The predicted octanol–water partition coefficient (Wildman–Crippen LogP) is 1.10. The maximum absolute atomic E-state index is 10.3. The van der Waals surface area contributed by atoms with E-state index in [4.69, 9.17) is 5.11 Å². The Kier molecular flexibility index (Phi) is 3.89. The molecule has 0 aromatic carbocycles. The summed E-state index contributed by atoms with van der Waals surface area (Å²) in [5, 5.41) is 8.40. The van der Waals surface area contributed by atoms with Gasteiger partial charge in [-0.05, 0) is 19.3 Å². The van der Waals surface area contributed by atoms with Gasteiger partial charge in [-0.25, -0.2) is 9.69 Å². The highest BCUT2D eigenvalue weighted by atomic mass is 35.5. The number of rotatable bonds is 2. The van der Waals surface area contributed by atoms with Crippen molar-refractivity contribution in [1.29, 1.82) is 0 Å². The van der Waals surface area contributed by atoms with Crippen molar-refractivity contribution in [2.75, 3.05) is 0 Å². The average molecular weight is 180 g/mol. The lowest BCUT2D eigenvalue weighted by Gasteiger charge is -2.30. The average Bonchev–Trinajstić information content (AvgIpc) is 1.76. The number of hydrogen-bond donors (Lipinski definition) is 1. The van der Waals surface area contributed by atoms with E-state index in [0.29, 0.717) is 6.41 Å². The number of nitrogens with zero attached hydrogens (tertiary/aromatic N) is 1. The predicted molar refractivity (Wildman–Crippen MR) is 40.8 cm³/mol. The van der Waals surface area contributed by atoms with Crippen molar-refractivity contribution in [3.63, 3.8) is 0 Å². The molecule has 0 atom stereocenters. The van der Waals surface area contributed by atoms with Crippen LogP contribution in [0.25, 0.3) is 0 Å². The number of imide groups is 1. The van der Waals surface area contributed by atoms with Gasteiger partial charge in [0.1, 0.15) is 0 Å². The first-order valence-electron chi connectivity index (χ1n) is 3.22. The molecular weight excluding hydrogens is 170 g/mol. The molecule has 0 spiro atoms. The number of carboxylic acid groups (broad SMARTS) is 1. The van der Waals surface area contributed by atoms with E-state index < -0.39 is 6.09 Å². The molecule has 1 rings (SSSR count). The number of carbonyl (C=O) groups is 2. The SMILES string of the molecule is Cl.O=CN(C(=O)O)C1CCC1. The molecular formula is C6H10ClNO3. The van der Waals surface area contributed by atoms with E-state index in [-0.39, 0.29) is 18.4 Å². The lowest BCUT2D eigenvalue weighted by molar-refractivity contribution is -0.119. The fourth-order valence-electron chi connectivity index (χ4n) is 0.952. The van der Waals surface area contributed by atoms with Crippen molar-refractivity contribution < 1.29 is 14.7 Å². The molecule has 0 unspecified atom stereocenters. The Morgan fingerprint density at radius 1 is 1.55 bits per heavy atom. The van der Waals surface area contributed by atoms with Crippen molar-refractivity contribution in [1.82, 2.24) is 4.90 Å². The molecule has 0 aliphatic heterocycles. The maximum Gasteiger partial charge on any atom is 0.414 e. The van der Waals surface area contributed by atoms with Gasteiger partial charge in [0.15, 0.2) is 0 Å². The van der Waals surface area contributed by atoms with E-state index in [1.54, 1.807) is 0 Å². The first kappa shape index (κ1) is 10.2. The Morgan fingerprint density at radius 2 is 2.09 bits per heavy atom. The quantitative estimate of drug-likeness (QED) is 0.646. The van der Waals surface area contributed by atoms with E-state index >= 15 is 0 Å². The first-order valence-corrected chi connectivity index (χ1v) is 3.22. The molecule has 1 fully saturated rings. The Hall–Kier alpha value is -0.770. The van der Waals surface area contributed by atoms with Crippen molar-refractivity contribution in [3.05, 3.63) is 0 Å². The van der Waals surface area contributed by atoms with Crippen LogP contribution in [0.15, 0.2) is 0 Å². The standard InChI is InChI=1S/C6H9NO3.ClH/c8-4-7(6(9)10)5-2-1-3-5;/h4-5H,1-3H2,(H,9,10);1H. The molecule has 1 N–H and O–H groups in total. The molecule has 4 nitrogen and oxygen atoms in total. The van der Waals surface area contributed by atoms with Crippen LogP contribution < -0.4 is 0 Å². The zero-order valence-corrected chi connectivity index (χ0v) is 6.71. The molecule has 5 heteroatoms. The summed E-state index contributed by atoms with van der Waals surface area (Å²) >= 11 is 0. The van der Waals surface area contributed by atoms with Gasteiger partial charge in [0.25, 0.3) is 0 Å². The van der Waals surface area contributed by atoms with Gasteiger partial charge < -0.3 is 5.11 Å². The molecule has 11 heavy (non-hydrogen) atoms. The summed E-state index contributed by atoms with van der Waals surface area (Å²) in [6.07, 6.45) is 1.92. The van der Waals surface area contributed by atoms with Crippen LogP contribution in [0.1, 0.15) is 19.3 Å². The van der Waals surface area contributed by atoms with Crippen LogP contribution in [-0.4, -0.2) is 28.6 Å². The molecule has 0 aromatic heterocycles. The van der Waals surface area contributed by atoms with Gasteiger partial charge in [-0.15, -0.1) is 12.4 Å². The third-order valence-corrected chi connectivity index (χ3v) is 1.80. The van der Waals surface area contributed by atoms with E-state index in [1.165, 1.54) is 0 Å². The van der Waals surface area contributed by atoms with Crippen molar-refractivity contribution in [2.45, 2.75) is 25.3 Å². The third-order valence-electron chi connectivity index (χ3n) is 1.80. The summed E-state index contributed by atoms with van der Waals surface area (Å²) in [5.41, 5.74) is 0. The minimum atomic E-state index is -1.14. The van der Waals surface area contributed by atoms with Crippen molar-refractivity contribution in [2.24, 2.45) is 0 Å². The van der Waals surface area contributed by atoms with E-state index in [2.05, 4.69) is 0 Å².